The number of hydrogen-bond donors (Lipinski definition) is 3. The lowest BCUT2D eigenvalue weighted by Crippen LogP contribution is -2.55. The van der Waals surface area contributed by atoms with E-state index in [4.69, 9.17) is 14.2 Å². The second-order valence-corrected chi connectivity index (χ2v) is 12.0. The van der Waals surface area contributed by atoms with Gasteiger partial charge in [-0.1, -0.05) is 75.7 Å². The second-order valence-electron chi connectivity index (χ2n) is 12.0. The quantitative estimate of drug-likeness (QED) is 0.0430. The first-order valence-corrected chi connectivity index (χ1v) is 16.9. The van der Waals surface area contributed by atoms with E-state index in [0.717, 1.165) is 25.7 Å². The number of aliphatic hydroxyl groups is 1. The zero-order valence-electron chi connectivity index (χ0n) is 29.0. The van der Waals surface area contributed by atoms with E-state index in [1.807, 2.05) is 0 Å². The highest BCUT2D eigenvalue weighted by Gasteiger charge is 2.47. The molecule has 0 bridgehead atoms. The summed E-state index contributed by atoms with van der Waals surface area (Å²) in [5.41, 5.74) is -1.86. The molecule has 0 saturated carbocycles. The largest absolute Gasteiger partial charge is 0.481 e. The number of allylic oxidation sites excluding steroid dienone is 1. The van der Waals surface area contributed by atoms with Crippen LogP contribution in [0.25, 0.3) is 0 Å². The van der Waals surface area contributed by atoms with Gasteiger partial charge in [0.05, 0.1) is 13.0 Å². The number of ether oxygens (including phenoxy) is 3. The molecule has 0 aliphatic heterocycles. The Labute approximate surface area is 284 Å². The molecular weight excluding hydrogens is 624 g/mol. The van der Waals surface area contributed by atoms with Crippen molar-refractivity contribution in [2.45, 2.75) is 121 Å². The Bertz CT molecular complexity index is 1180. The number of carboxylic acids is 1. The highest BCUT2D eigenvalue weighted by Crippen LogP contribution is 2.29. The number of halogens is 2. The molecule has 0 fully saturated rings. The van der Waals surface area contributed by atoms with E-state index in [2.05, 4.69) is 24.1 Å². The van der Waals surface area contributed by atoms with Gasteiger partial charge >= 0.3 is 11.9 Å². The van der Waals surface area contributed by atoms with E-state index >= 15 is 0 Å². The minimum Gasteiger partial charge on any atom is -0.481 e. The van der Waals surface area contributed by atoms with Crippen molar-refractivity contribution in [2.24, 2.45) is 5.92 Å². The number of aliphatic carboxylic acids is 1. The average Bonchev–Trinajstić information content (AvgIpc) is 3.06. The Kier molecular flexibility index (Phi) is 21.1. The number of carboxylic acid groups (broad SMARTS) is 1. The van der Waals surface area contributed by atoms with Gasteiger partial charge in [0.2, 0.25) is 11.8 Å². The zero-order chi connectivity index (χ0) is 35.8. The summed E-state index contributed by atoms with van der Waals surface area (Å²) in [6, 6.07) is 5.66. The third-order valence-electron chi connectivity index (χ3n) is 8.15. The maximum Gasteiger partial charge on any atom is 0.336 e. The van der Waals surface area contributed by atoms with E-state index in [9.17, 15) is 33.4 Å². The van der Waals surface area contributed by atoms with Crippen molar-refractivity contribution in [3.05, 3.63) is 42.0 Å². The number of rotatable bonds is 26. The molecule has 0 heterocycles. The lowest BCUT2D eigenvalue weighted by molar-refractivity contribution is -0.169. The molecule has 0 saturated heterocycles. The molecule has 0 unspecified atom stereocenters. The summed E-state index contributed by atoms with van der Waals surface area (Å²) in [7, 11) is 2.52. The molecule has 0 aliphatic carbocycles. The van der Waals surface area contributed by atoms with Crippen LogP contribution in [-0.4, -0.2) is 73.1 Å². The van der Waals surface area contributed by atoms with Gasteiger partial charge in [-0.3, -0.25) is 4.79 Å². The van der Waals surface area contributed by atoms with Crippen LogP contribution in [0.2, 0.25) is 0 Å². The van der Waals surface area contributed by atoms with Crippen LogP contribution in [0.3, 0.4) is 0 Å². The van der Waals surface area contributed by atoms with Gasteiger partial charge in [-0.05, 0) is 50.3 Å². The predicted molar refractivity (Wildman–Crippen MR) is 181 cm³/mol. The summed E-state index contributed by atoms with van der Waals surface area (Å²) in [5, 5.41) is 23.8. The van der Waals surface area contributed by atoms with Crippen LogP contribution in [0.5, 0.6) is 5.75 Å². The first-order chi connectivity index (χ1) is 22.9. The van der Waals surface area contributed by atoms with Crippen molar-refractivity contribution in [1.82, 2.24) is 5.32 Å². The Hall–Kier alpha value is -3.49. The number of benzene rings is 1. The summed E-state index contributed by atoms with van der Waals surface area (Å²) in [4.78, 5) is 38.5. The number of carbonyl (C=O) groups excluding carboxylic acids is 2. The normalized spacial score (nSPS) is 14.0. The number of unbranched alkanes of at least 4 members (excludes halogenated alkanes) is 8. The van der Waals surface area contributed by atoms with Crippen molar-refractivity contribution in [3.8, 4) is 17.6 Å². The van der Waals surface area contributed by atoms with E-state index in [-0.39, 0.29) is 38.9 Å². The SMILES string of the molecule is CC#CCOc1ccc(C[C@H](NC(=O)[C@@H](C=CCCCCCCC(F)(F)CCCCCCC)[C@@](O)(CCOC)C(=O)O)C(=O)OC)cc1. The standard InChI is InChI=1S/C37H55F2NO8/c1-5-7-9-13-16-23-36(38,39)24-17-14-11-10-12-15-18-31(37(45,35(43)44)25-27-46-3)33(41)40-32(34(42)47-4)28-29-19-21-30(22-20-29)48-26-8-6-2/h15,18-22,31-32,45H,5,7,9-14,16-17,23-28H2,1-4H3,(H,40,41)(H,43,44)/t31-,32+,37+/m1/s1. The van der Waals surface area contributed by atoms with Gasteiger partial charge in [-0.2, -0.15) is 0 Å². The zero-order valence-corrected chi connectivity index (χ0v) is 29.0. The Balaban J connectivity index is 2.89. The molecule has 0 radical (unpaired) electrons. The van der Waals surface area contributed by atoms with E-state index < -0.39 is 41.3 Å². The summed E-state index contributed by atoms with van der Waals surface area (Å²) in [6.07, 6.45) is 9.65. The summed E-state index contributed by atoms with van der Waals surface area (Å²) < 4.78 is 43.7. The summed E-state index contributed by atoms with van der Waals surface area (Å²) in [5.74, 6) is -1.36. The number of nitrogens with one attached hydrogen (secondary N) is 1. The van der Waals surface area contributed by atoms with E-state index in [1.54, 1.807) is 37.3 Å². The van der Waals surface area contributed by atoms with Gasteiger partial charge < -0.3 is 29.7 Å². The molecule has 3 atom stereocenters. The highest BCUT2D eigenvalue weighted by atomic mass is 19.3. The number of hydrogen-bond acceptors (Lipinski definition) is 7. The lowest BCUT2D eigenvalue weighted by atomic mass is 9.83. The number of alkyl halides is 2. The van der Waals surface area contributed by atoms with Crippen LogP contribution < -0.4 is 10.1 Å². The Morgan fingerprint density at radius 2 is 1.58 bits per heavy atom. The fourth-order valence-corrected chi connectivity index (χ4v) is 5.21. The van der Waals surface area contributed by atoms with Crippen molar-refractivity contribution in [1.29, 1.82) is 0 Å². The predicted octanol–water partition coefficient (Wildman–Crippen LogP) is 6.65. The van der Waals surface area contributed by atoms with Crippen molar-refractivity contribution in [3.63, 3.8) is 0 Å². The minimum absolute atomic E-state index is 0.0331. The smallest absolute Gasteiger partial charge is 0.336 e. The maximum atomic E-state index is 14.2. The van der Waals surface area contributed by atoms with Crippen molar-refractivity contribution >= 4 is 17.8 Å². The highest BCUT2D eigenvalue weighted by molar-refractivity contribution is 5.92. The number of esters is 1. The van der Waals surface area contributed by atoms with Crippen LogP contribution in [0.15, 0.2) is 36.4 Å². The fourth-order valence-electron chi connectivity index (χ4n) is 5.21. The molecule has 1 rings (SSSR count). The second kappa shape index (κ2) is 23.8. The van der Waals surface area contributed by atoms with Crippen LogP contribution in [0, 0.1) is 17.8 Å². The molecular formula is C37H55F2NO8. The average molecular weight is 680 g/mol. The summed E-state index contributed by atoms with van der Waals surface area (Å²) >= 11 is 0. The first kappa shape index (κ1) is 42.5. The third kappa shape index (κ3) is 16.6. The molecule has 0 aliphatic rings. The third-order valence-corrected chi connectivity index (χ3v) is 8.15. The molecule has 9 nitrogen and oxygen atoms in total. The first-order valence-electron chi connectivity index (χ1n) is 16.9. The van der Waals surface area contributed by atoms with Gasteiger partial charge in [-0.25, -0.2) is 18.4 Å². The van der Waals surface area contributed by atoms with Crippen molar-refractivity contribution in [2.75, 3.05) is 27.4 Å². The summed E-state index contributed by atoms with van der Waals surface area (Å²) in [6.45, 7) is 3.88. The topological polar surface area (TPSA) is 131 Å². The molecule has 1 aromatic rings. The van der Waals surface area contributed by atoms with Crippen LogP contribution in [0.1, 0.15) is 103 Å². The molecule has 1 aromatic carbocycles. The molecule has 1 amide bonds. The number of carbonyl (C=O) groups is 3. The molecule has 0 spiro atoms. The van der Waals surface area contributed by atoms with Crippen molar-refractivity contribution < 1.29 is 47.6 Å². The monoisotopic (exact) mass is 679 g/mol. The maximum absolute atomic E-state index is 14.2. The Morgan fingerprint density at radius 3 is 2.15 bits per heavy atom. The molecule has 270 valence electrons. The van der Waals surface area contributed by atoms with Crippen LogP contribution in [0.4, 0.5) is 8.78 Å². The van der Waals surface area contributed by atoms with Gasteiger partial charge in [0, 0.05) is 39.4 Å². The molecule has 11 heteroatoms. The van der Waals surface area contributed by atoms with Gasteiger partial charge in [0.25, 0.3) is 0 Å². The Morgan fingerprint density at radius 1 is 0.958 bits per heavy atom. The van der Waals surface area contributed by atoms with Gasteiger partial charge in [-0.15, -0.1) is 5.92 Å². The van der Waals surface area contributed by atoms with Crippen LogP contribution in [-0.2, 0) is 30.3 Å². The molecule has 3 N–H and O–H groups in total. The van der Waals surface area contributed by atoms with E-state index in [1.165, 1.54) is 20.3 Å². The van der Waals surface area contributed by atoms with Gasteiger partial charge in [0.15, 0.2) is 5.60 Å². The van der Waals surface area contributed by atoms with Crippen LogP contribution >= 0.6 is 0 Å². The fraction of sp³-hybridized carbons (Fsp3) is 0.649. The minimum atomic E-state index is -2.65. The number of methoxy groups -OCH3 is 2. The molecule has 48 heavy (non-hydrogen) atoms. The van der Waals surface area contributed by atoms with Gasteiger partial charge in [0.1, 0.15) is 18.4 Å². The lowest BCUT2D eigenvalue weighted by Gasteiger charge is -2.30. The van der Waals surface area contributed by atoms with E-state index in [0.29, 0.717) is 49.8 Å². The molecule has 0 aromatic heterocycles. The number of amides is 1.